The molecule has 2 aromatic rings. The van der Waals surface area contributed by atoms with Gasteiger partial charge in [-0.05, 0) is 58.7 Å². The average Bonchev–Trinajstić information content (AvgIpc) is 3.24. The normalized spacial score (nSPS) is 20.6. The van der Waals surface area contributed by atoms with Crippen molar-refractivity contribution in [1.29, 1.82) is 5.26 Å². The molecule has 1 aliphatic heterocycles. The van der Waals surface area contributed by atoms with E-state index >= 15 is 0 Å². The zero-order chi connectivity index (χ0) is 34.2. The van der Waals surface area contributed by atoms with E-state index in [0.29, 0.717) is 18.6 Å². The van der Waals surface area contributed by atoms with Gasteiger partial charge in [0.15, 0.2) is 12.3 Å². The van der Waals surface area contributed by atoms with Crippen molar-refractivity contribution < 1.29 is 38.9 Å². The number of phenolic OH excluding ortho intramolecular Hbond substituents is 1. The van der Waals surface area contributed by atoms with Crippen LogP contribution in [0.25, 0.3) is 0 Å². The highest BCUT2D eigenvalue weighted by Crippen LogP contribution is 2.46. The summed E-state index contributed by atoms with van der Waals surface area (Å²) in [7, 11) is 2.11. The first-order valence-electron chi connectivity index (χ1n) is 14.9. The van der Waals surface area contributed by atoms with Crippen LogP contribution < -0.4 is 17.2 Å². The maximum absolute atomic E-state index is 12.9. The Hall–Kier alpha value is -3.60. The van der Waals surface area contributed by atoms with Gasteiger partial charge in [0.05, 0.1) is 24.7 Å². The molecule has 15 heteroatoms. The van der Waals surface area contributed by atoms with Crippen LogP contribution in [0.15, 0.2) is 47.4 Å². The van der Waals surface area contributed by atoms with E-state index in [1.807, 2.05) is 19.9 Å². The zero-order valence-corrected chi connectivity index (χ0v) is 28.6. The summed E-state index contributed by atoms with van der Waals surface area (Å²) in [5.41, 5.74) is 8.80. The van der Waals surface area contributed by atoms with Crippen LogP contribution in [-0.2, 0) is 28.3 Å². The maximum Gasteiger partial charge on any atom is 0.351 e. The molecular weight excluding hydrogens is 617 g/mol. The number of anilines is 1. The lowest BCUT2D eigenvalue weighted by Crippen LogP contribution is -2.43. The number of carbonyl (C=O) groups excluding carboxylic acids is 2. The van der Waals surface area contributed by atoms with E-state index in [1.165, 1.54) is 16.8 Å². The molecule has 7 N–H and O–H groups in total. The number of nitrogens with zero attached hydrogens (tertiary/aromatic N) is 3. The fraction of sp³-hybridized carbons (Fsp3) is 0.581. The molecule has 2 heterocycles. The molecule has 0 spiro atoms. The number of hydrogen-bond acceptors (Lipinski definition) is 12. The van der Waals surface area contributed by atoms with E-state index in [0.717, 1.165) is 12.8 Å². The first-order valence-corrected chi connectivity index (χ1v) is 15.4. The molecule has 3 rings (SSSR count). The Balaban J connectivity index is 0.000000972. The Morgan fingerprint density at radius 1 is 1.15 bits per heavy atom. The number of aromatic nitrogens is 2. The fourth-order valence-corrected chi connectivity index (χ4v) is 4.66. The van der Waals surface area contributed by atoms with Gasteiger partial charge in [-0.15, -0.1) is 0 Å². The highest BCUT2D eigenvalue weighted by molar-refractivity contribution is 7.09. The molecule has 6 atom stereocenters. The second-order valence-corrected chi connectivity index (χ2v) is 11.4. The van der Waals surface area contributed by atoms with E-state index in [2.05, 4.69) is 20.5 Å². The second-order valence-electron chi connectivity index (χ2n) is 11.0. The Morgan fingerprint density at radius 3 is 2.13 bits per heavy atom. The van der Waals surface area contributed by atoms with Crippen LogP contribution in [0.4, 0.5) is 5.82 Å². The molecule has 0 radical (unpaired) electrons. The van der Waals surface area contributed by atoms with E-state index < -0.39 is 35.6 Å². The third-order valence-corrected chi connectivity index (χ3v) is 6.87. The minimum Gasteiger partial charge on any atom is -0.508 e. The number of nitrogen functional groups attached to an aromatic ring is 1. The highest BCUT2D eigenvalue weighted by atomic mass is 31.0. The van der Waals surface area contributed by atoms with Gasteiger partial charge in [0, 0.05) is 15.7 Å². The van der Waals surface area contributed by atoms with Crippen molar-refractivity contribution in [3.63, 3.8) is 0 Å². The molecule has 1 unspecified atom stereocenters. The van der Waals surface area contributed by atoms with Crippen molar-refractivity contribution >= 4 is 27.2 Å². The Bertz CT molecular complexity index is 1280. The molecule has 0 aliphatic carbocycles. The van der Waals surface area contributed by atoms with Crippen molar-refractivity contribution in [2.45, 2.75) is 97.8 Å². The van der Waals surface area contributed by atoms with Crippen LogP contribution in [0.3, 0.4) is 0 Å². The summed E-state index contributed by atoms with van der Waals surface area (Å²) in [6.07, 6.45) is 1.83. The van der Waals surface area contributed by atoms with Crippen LogP contribution in [0.2, 0.25) is 0 Å². The lowest BCUT2D eigenvalue weighted by Gasteiger charge is -2.30. The third-order valence-electron chi connectivity index (χ3n) is 6.68. The monoisotopic (exact) mass is 667 g/mol. The molecular formula is C31H50N5O9P. The van der Waals surface area contributed by atoms with Gasteiger partial charge in [-0.25, -0.2) is 4.79 Å². The highest BCUT2D eigenvalue weighted by Gasteiger charge is 2.58. The van der Waals surface area contributed by atoms with Gasteiger partial charge in [0.2, 0.25) is 0 Å². The largest absolute Gasteiger partial charge is 0.508 e. The molecule has 1 aliphatic rings. The predicted molar refractivity (Wildman–Crippen MR) is 176 cm³/mol. The van der Waals surface area contributed by atoms with Crippen molar-refractivity contribution in [2.24, 2.45) is 17.1 Å². The molecule has 46 heavy (non-hydrogen) atoms. The maximum atomic E-state index is 12.9. The summed E-state index contributed by atoms with van der Waals surface area (Å²) in [5, 5.41) is 18.6. The minimum atomic E-state index is -1.33. The molecule has 14 nitrogen and oxygen atoms in total. The van der Waals surface area contributed by atoms with E-state index in [1.54, 1.807) is 52.0 Å². The Labute approximate surface area is 273 Å². The van der Waals surface area contributed by atoms with E-state index in [4.69, 9.17) is 35.3 Å². The number of rotatable bonds is 11. The summed E-state index contributed by atoms with van der Waals surface area (Å²) in [5.74, 6) is -0.559. The zero-order valence-electron chi connectivity index (χ0n) is 27.4. The average molecular weight is 668 g/mol. The van der Waals surface area contributed by atoms with Gasteiger partial charge in [-0.2, -0.15) is 10.2 Å². The smallest absolute Gasteiger partial charge is 0.351 e. The first kappa shape index (κ1) is 42.4. The van der Waals surface area contributed by atoms with E-state index in [-0.39, 0.29) is 41.9 Å². The van der Waals surface area contributed by atoms with Crippen molar-refractivity contribution in [2.75, 3.05) is 12.3 Å². The lowest BCUT2D eigenvalue weighted by atomic mass is 9.83. The van der Waals surface area contributed by atoms with Crippen LogP contribution >= 0.6 is 9.47 Å². The van der Waals surface area contributed by atoms with Gasteiger partial charge < -0.3 is 40.8 Å². The van der Waals surface area contributed by atoms with Crippen molar-refractivity contribution in [1.82, 2.24) is 9.55 Å². The number of ether oxygens (including phenoxy) is 3. The van der Waals surface area contributed by atoms with E-state index in [9.17, 15) is 19.6 Å². The summed E-state index contributed by atoms with van der Waals surface area (Å²) in [6.45, 7) is 10.9. The number of aromatic hydroxyl groups is 1. The van der Waals surface area contributed by atoms with Gasteiger partial charge in [0.1, 0.15) is 29.1 Å². The predicted octanol–water partition coefficient (Wildman–Crippen LogP) is 3.04. The number of para-hydroxylation sites is 1. The number of esters is 2. The number of carbonyl (C=O) groups is 2. The summed E-state index contributed by atoms with van der Waals surface area (Å²) < 4.78 is 22.9. The van der Waals surface area contributed by atoms with Crippen LogP contribution in [0, 0.1) is 22.7 Å². The molecule has 1 fully saturated rings. The van der Waals surface area contributed by atoms with Crippen LogP contribution in [-0.4, -0.2) is 63.0 Å². The Kier molecular flexibility index (Phi) is 19.6. The number of hydrogen-bond donors (Lipinski definition) is 3. The molecule has 1 aromatic heterocycles. The summed E-state index contributed by atoms with van der Waals surface area (Å²) >= 11 is 0. The standard InChI is InChI=1S/C19H29N4O5P.C6H13NO2.C6H6O.H2O/c1-4-6-12(7-5-2)16(24)28-15-13(10-26-29)27-17(19(15,3)11-20)23-9-8-14(21)22-18(23)25;1-4(2)9-6(8)5(3)7;7-6-4-2-1-3-5-6;/h8-9,12-13,15,17H,4-7,10,29H2,1-3H3,(H2,21,22,25);4-5H,7H2,1-3H3;1-5,7H;1H2/t13-,15-,17-,19-;5-;;/m10../s1. The molecule has 1 aromatic carbocycles. The van der Waals surface area contributed by atoms with Crippen LogP contribution in [0.5, 0.6) is 5.75 Å². The van der Waals surface area contributed by atoms with Crippen LogP contribution in [0.1, 0.15) is 73.5 Å². The van der Waals surface area contributed by atoms with Gasteiger partial charge in [0.25, 0.3) is 0 Å². The number of nitriles is 1. The number of phenols is 1. The molecule has 0 bridgehead atoms. The Morgan fingerprint density at radius 2 is 1.74 bits per heavy atom. The summed E-state index contributed by atoms with van der Waals surface area (Å²) in [6, 6.07) is 11.8. The number of benzene rings is 1. The molecule has 258 valence electrons. The van der Waals surface area contributed by atoms with Gasteiger partial charge in [-0.1, -0.05) is 44.9 Å². The third kappa shape index (κ3) is 13.0. The quantitative estimate of drug-likeness (QED) is 0.232. The van der Waals surface area contributed by atoms with Gasteiger partial charge >= 0.3 is 17.6 Å². The summed E-state index contributed by atoms with van der Waals surface area (Å²) in [4.78, 5) is 39.5. The SMILES string of the molecule is CC(C)OC(=O)[C@H](C)N.CCCC(CCC)C(=O)O[C@@H]1[C@@H](COP)O[C@@H](n2ccc(N)nc2=O)[C@]1(C)C#N.O.Oc1ccccc1. The van der Waals surface area contributed by atoms with Gasteiger partial charge in [-0.3, -0.25) is 14.2 Å². The molecule has 0 amide bonds. The fourth-order valence-electron chi connectivity index (χ4n) is 4.47. The molecule has 0 saturated carbocycles. The first-order chi connectivity index (χ1) is 21.2. The topological polar surface area (TPSA) is 234 Å². The van der Waals surface area contributed by atoms with Crippen molar-refractivity contribution in [3.05, 3.63) is 53.1 Å². The van der Waals surface area contributed by atoms with Crippen molar-refractivity contribution in [3.8, 4) is 11.8 Å². The lowest BCUT2D eigenvalue weighted by molar-refractivity contribution is -0.161. The second kappa shape index (κ2) is 21.2. The molecule has 1 saturated heterocycles. The minimum absolute atomic E-state index is 0. The number of nitrogens with two attached hydrogens (primary N) is 2.